The van der Waals surface area contributed by atoms with Crippen molar-refractivity contribution in [1.82, 2.24) is 10.0 Å². The van der Waals surface area contributed by atoms with Crippen LogP contribution in [-0.4, -0.2) is 26.5 Å². The highest BCUT2D eigenvalue weighted by Crippen LogP contribution is 2.28. The smallest absolute Gasteiger partial charge is 0.240 e. The minimum atomic E-state index is -3.42. The predicted molar refractivity (Wildman–Crippen MR) is 82.2 cm³/mol. The van der Waals surface area contributed by atoms with E-state index in [1.807, 2.05) is 6.92 Å². The lowest BCUT2D eigenvalue weighted by Crippen LogP contribution is -2.47. The molecule has 110 valence electrons. The van der Waals surface area contributed by atoms with Crippen LogP contribution in [0, 0.1) is 6.92 Å². The second-order valence-corrected chi connectivity index (χ2v) is 8.41. The largest absolute Gasteiger partial charge is 0.311 e. The minimum absolute atomic E-state index is 0.0581. The van der Waals surface area contributed by atoms with Gasteiger partial charge in [-0.05, 0) is 56.4 Å². The van der Waals surface area contributed by atoms with Gasteiger partial charge in [0.1, 0.15) is 0 Å². The molecular weight excluding hydrogens is 340 g/mol. The summed E-state index contributed by atoms with van der Waals surface area (Å²) >= 11 is 3.40. The summed E-state index contributed by atoms with van der Waals surface area (Å²) in [7, 11) is -3.42. The summed E-state index contributed by atoms with van der Waals surface area (Å²) in [4.78, 5) is 0.351. The summed E-state index contributed by atoms with van der Waals surface area (Å²) in [6.45, 7) is 1.90. The molecule has 0 amide bonds. The van der Waals surface area contributed by atoms with E-state index in [1.54, 1.807) is 18.2 Å². The van der Waals surface area contributed by atoms with Crippen LogP contribution in [0.25, 0.3) is 0 Å². The standard InChI is InChI=1S/C14H19BrN2O2S/c1-9-6-13(4-5-14(9)15)20(18,19)17-12-7-10-2-3-11(8-12)16-10/h4-6,10-12,16-17H,2-3,7-8H2,1H3. The van der Waals surface area contributed by atoms with Crippen LogP contribution in [0.15, 0.2) is 27.6 Å². The first-order valence-corrected chi connectivity index (χ1v) is 9.26. The van der Waals surface area contributed by atoms with Crippen LogP contribution in [0.2, 0.25) is 0 Å². The first-order valence-electron chi connectivity index (χ1n) is 6.98. The van der Waals surface area contributed by atoms with Gasteiger partial charge in [0.15, 0.2) is 0 Å². The Morgan fingerprint density at radius 2 is 1.90 bits per heavy atom. The van der Waals surface area contributed by atoms with Gasteiger partial charge in [-0.15, -0.1) is 0 Å². The fourth-order valence-electron chi connectivity index (χ4n) is 3.23. The molecule has 0 aromatic heterocycles. The third-order valence-corrected chi connectivity index (χ3v) is 6.64. The van der Waals surface area contributed by atoms with Crippen LogP contribution in [-0.2, 0) is 10.0 Å². The Morgan fingerprint density at radius 1 is 1.25 bits per heavy atom. The van der Waals surface area contributed by atoms with E-state index in [-0.39, 0.29) is 6.04 Å². The van der Waals surface area contributed by atoms with Gasteiger partial charge in [0.25, 0.3) is 0 Å². The molecule has 2 saturated heterocycles. The number of aryl methyl sites for hydroxylation is 1. The molecule has 2 unspecified atom stereocenters. The molecule has 2 aliphatic rings. The molecule has 4 nitrogen and oxygen atoms in total. The van der Waals surface area contributed by atoms with Crippen LogP contribution in [0.1, 0.15) is 31.2 Å². The van der Waals surface area contributed by atoms with E-state index >= 15 is 0 Å². The Bertz CT molecular complexity index is 606. The Labute approximate surface area is 128 Å². The lowest BCUT2D eigenvalue weighted by Gasteiger charge is -2.29. The molecule has 2 heterocycles. The third-order valence-electron chi connectivity index (χ3n) is 4.23. The first-order chi connectivity index (χ1) is 9.44. The fraction of sp³-hybridized carbons (Fsp3) is 0.571. The summed E-state index contributed by atoms with van der Waals surface area (Å²) in [6, 6.07) is 6.16. The fourth-order valence-corrected chi connectivity index (χ4v) is 4.82. The molecule has 3 rings (SSSR count). The van der Waals surface area contributed by atoms with Gasteiger partial charge < -0.3 is 5.32 Å². The van der Waals surface area contributed by atoms with E-state index in [0.29, 0.717) is 17.0 Å². The normalized spacial score (nSPS) is 29.6. The zero-order chi connectivity index (χ0) is 14.3. The van der Waals surface area contributed by atoms with Crippen LogP contribution in [0.5, 0.6) is 0 Å². The van der Waals surface area contributed by atoms with Crippen molar-refractivity contribution < 1.29 is 8.42 Å². The molecule has 0 saturated carbocycles. The van der Waals surface area contributed by atoms with Gasteiger partial charge in [0.2, 0.25) is 10.0 Å². The highest BCUT2D eigenvalue weighted by molar-refractivity contribution is 9.10. The highest BCUT2D eigenvalue weighted by atomic mass is 79.9. The van der Waals surface area contributed by atoms with E-state index in [4.69, 9.17) is 0 Å². The molecule has 0 aliphatic carbocycles. The second-order valence-electron chi connectivity index (χ2n) is 5.84. The van der Waals surface area contributed by atoms with Crippen molar-refractivity contribution in [2.45, 2.75) is 55.6 Å². The summed E-state index contributed by atoms with van der Waals surface area (Å²) in [5.41, 5.74) is 0.929. The highest BCUT2D eigenvalue weighted by Gasteiger charge is 2.35. The summed E-state index contributed by atoms with van der Waals surface area (Å²) in [5, 5.41) is 3.52. The average Bonchev–Trinajstić information content (AvgIpc) is 2.71. The summed E-state index contributed by atoms with van der Waals surface area (Å²) < 4.78 is 28.7. The zero-order valence-electron chi connectivity index (χ0n) is 11.4. The van der Waals surface area contributed by atoms with Gasteiger partial charge in [0, 0.05) is 22.6 Å². The maximum Gasteiger partial charge on any atom is 0.240 e. The zero-order valence-corrected chi connectivity index (χ0v) is 13.8. The quantitative estimate of drug-likeness (QED) is 0.871. The number of hydrogen-bond acceptors (Lipinski definition) is 3. The number of hydrogen-bond donors (Lipinski definition) is 2. The van der Waals surface area contributed by atoms with Crippen LogP contribution >= 0.6 is 15.9 Å². The van der Waals surface area contributed by atoms with E-state index in [1.165, 1.54) is 12.8 Å². The van der Waals surface area contributed by atoms with E-state index in [9.17, 15) is 8.42 Å². The lowest BCUT2D eigenvalue weighted by molar-refractivity contribution is 0.345. The number of rotatable bonds is 3. The van der Waals surface area contributed by atoms with Crippen molar-refractivity contribution in [1.29, 1.82) is 0 Å². The molecule has 6 heteroatoms. The predicted octanol–water partition coefficient (Wildman–Crippen LogP) is 2.32. The Hall–Kier alpha value is -0.430. The van der Waals surface area contributed by atoms with Crippen molar-refractivity contribution in [2.24, 2.45) is 0 Å². The van der Waals surface area contributed by atoms with Crippen molar-refractivity contribution in [3.8, 4) is 0 Å². The minimum Gasteiger partial charge on any atom is -0.311 e. The SMILES string of the molecule is Cc1cc(S(=O)(=O)NC2CC3CCC(C2)N3)ccc1Br. The van der Waals surface area contributed by atoms with E-state index in [2.05, 4.69) is 26.0 Å². The first kappa shape index (κ1) is 14.5. The van der Waals surface area contributed by atoms with Gasteiger partial charge in [-0.1, -0.05) is 15.9 Å². The summed E-state index contributed by atoms with van der Waals surface area (Å²) in [5.74, 6) is 0. The molecule has 1 aromatic carbocycles. The molecule has 0 radical (unpaired) electrons. The number of halogens is 1. The van der Waals surface area contributed by atoms with E-state index in [0.717, 1.165) is 22.9 Å². The average molecular weight is 359 g/mol. The van der Waals surface area contributed by atoms with Crippen molar-refractivity contribution in [2.75, 3.05) is 0 Å². The third kappa shape index (κ3) is 2.93. The van der Waals surface area contributed by atoms with Crippen LogP contribution < -0.4 is 10.0 Å². The molecule has 2 atom stereocenters. The molecular formula is C14H19BrN2O2S. The Balaban J connectivity index is 1.76. The molecule has 2 fully saturated rings. The molecule has 2 N–H and O–H groups in total. The number of fused-ring (bicyclic) bond motifs is 2. The van der Waals surface area contributed by atoms with Gasteiger partial charge in [0.05, 0.1) is 4.90 Å². The molecule has 2 bridgehead atoms. The number of nitrogens with one attached hydrogen (secondary N) is 2. The van der Waals surface area contributed by atoms with Gasteiger partial charge >= 0.3 is 0 Å². The molecule has 1 aromatic rings. The maximum absolute atomic E-state index is 12.5. The molecule has 0 spiro atoms. The number of benzene rings is 1. The van der Waals surface area contributed by atoms with Crippen molar-refractivity contribution in [3.05, 3.63) is 28.2 Å². The molecule has 2 aliphatic heterocycles. The second kappa shape index (κ2) is 5.40. The Morgan fingerprint density at radius 3 is 2.50 bits per heavy atom. The van der Waals surface area contributed by atoms with Crippen molar-refractivity contribution >= 4 is 26.0 Å². The summed E-state index contributed by atoms with van der Waals surface area (Å²) in [6.07, 6.45) is 4.12. The topological polar surface area (TPSA) is 58.2 Å². The number of sulfonamides is 1. The maximum atomic E-state index is 12.5. The van der Waals surface area contributed by atoms with Crippen LogP contribution in [0.4, 0.5) is 0 Å². The lowest BCUT2D eigenvalue weighted by atomic mass is 10.0. The van der Waals surface area contributed by atoms with Gasteiger partial charge in [-0.2, -0.15) is 0 Å². The number of piperidine rings is 1. The van der Waals surface area contributed by atoms with Crippen molar-refractivity contribution in [3.63, 3.8) is 0 Å². The monoisotopic (exact) mass is 358 g/mol. The Kier molecular flexibility index (Phi) is 3.92. The van der Waals surface area contributed by atoms with Gasteiger partial charge in [-0.25, -0.2) is 13.1 Å². The molecule has 20 heavy (non-hydrogen) atoms. The van der Waals surface area contributed by atoms with E-state index < -0.39 is 10.0 Å². The van der Waals surface area contributed by atoms with Gasteiger partial charge in [-0.3, -0.25) is 0 Å². The van der Waals surface area contributed by atoms with Crippen LogP contribution in [0.3, 0.4) is 0 Å².